The standard InChI is InChI=1S/C12H10N4OS/c13-6-10-8-15-12(18-10)16-11(17)14-7-9-4-2-1-3-5-9/h1-5,8H,7H2,(H2,14,15,16,17). The minimum Gasteiger partial charge on any atom is -0.334 e. The number of hydrogen-bond donors (Lipinski definition) is 2. The molecule has 2 amide bonds. The van der Waals surface area contributed by atoms with Crippen LogP contribution in [0, 0.1) is 11.3 Å². The zero-order valence-electron chi connectivity index (χ0n) is 9.38. The molecule has 5 nitrogen and oxygen atoms in total. The Morgan fingerprint density at radius 1 is 1.39 bits per heavy atom. The summed E-state index contributed by atoms with van der Waals surface area (Å²) in [5.74, 6) is 0. The lowest BCUT2D eigenvalue weighted by Crippen LogP contribution is -2.28. The monoisotopic (exact) mass is 258 g/mol. The molecule has 18 heavy (non-hydrogen) atoms. The Hall–Kier alpha value is -2.39. The molecule has 0 aliphatic heterocycles. The van der Waals surface area contributed by atoms with Crippen molar-refractivity contribution in [3.8, 4) is 6.07 Å². The van der Waals surface area contributed by atoms with E-state index in [1.165, 1.54) is 6.20 Å². The maximum absolute atomic E-state index is 11.5. The molecule has 0 spiro atoms. The largest absolute Gasteiger partial charge is 0.334 e. The third-order valence-corrected chi connectivity index (χ3v) is 2.95. The van der Waals surface area contributed by atoms with E-state index in [1.54, 1.807) is 0 Å². The van der Waals surface area contributed by atoms with Crippen LogP contribution in [-0.4, -0.2) is 11.0 Å². The minimum absolute atomic E-state index is 0.335. The van der Waals surface area contributed by atoms with Crippen molar-refractivity contribution in [3.63, 3.8) is 0 Å². The maximum atomic E-state index is 11.5. The average molecular weight is 258 g/mol. The molecule has 0 atom stereocenters. The SMILES string of the molecule is N#Cc1cnc(NC(=O)NCc2ccccc2)s1. The summed E-state index contributed by atoms with van der Waals surface area (Å²) in [6, 6.07) is 11.2. The molecule has 0 saturated heterocycles. The van der Waals surface area contributed by atoms with Gasteiger partial charge in [0.25, 0.3) is 0 Å². The molecule has 0 bridgehead atoms. The molecule has 0 aliphatic carbocycles. The zero-order valence-corrected chi connectivity index (χ0v) is 10.2. The first-order valence-corrected chi connectivity index (χ1v) is 6.04. The van der Waals surface area contributed by atoms with Gasteiger partial charge in [-0.3, -0.25) is 5.32 Å². The van der Waals surface area contributed by atoms with Crippen LogP contribution in [0.4, 0.5) is 9.93 Å². The summed E-state index contributed by atoms with van der Waals surface area (Å²) in [5, 5.41) is 14.3. The van der Waals surface area contributed by atoms with Crippen molar-refractivity contribution in [1.82, 2.24) is 10.3 Å². The van der Waals surface area contributed by atoms with Crippen LogP contribution >= 0.6 is 11.3 Å². The molecule has 1 heterocycles. The molecule has 2 N–H and O–H groups in total. The molecule has 0 fully saturated rings. The zero-order chi connectivity index (χ0) is 12.8. The molecule has 1 aromatic carbocycles. The van der Waals surface area contributed by atoms with Gasteiger partial charge in [-0.15, -0.1) is 0 Å². The number of amides is 2. The van der Waals surface area contributed by atoms with Gasteiger partial charge in [0, 0.05) is 6.54 Å². The normalized spacial score (nSPS) is 9.50. The number of carbonyl (C=O) groups is 1. The molecular weight excluding hydrogens is 248 g/mol. The predicted octanol–water partition coefficient (Wildman–Crippen LogP) is 2.34. The molecule has 1 aromatic heterocycles. The Morgan fingerprint density at radius 2 is 2.17 bits per heavy atom. The van der Waals surface area contributed by atoms with E-state index in [4.69, 9.17) is 5.26 Å². The van der Waals surface area contributed by atoms with Gasteiger partial charge in [0.1, 0.15) is 10.9 Å². The molecule has 2 aromatic rings. The summed E-state index contributed by atoms with van der Waals surface area (Å²) >= 11 is 1.14. The second-order valence-electron chi connectivity index (χ2n) is 3.43. The number of nitrogens with one attached hydrogen (secondary N) is 2. The number of benzene rings is 1. The number of hydrogen-bond acceptors (Lipinski definition) is 4. The number of nitrogens with zero attached hydrogens (tertiary/aromatic N) is 2. The minimum atomic E-state index is -0.335. The molecule has 0 saturated carbocycles. The lowest BCUT2D eigenvalue weighted by Gasteiger charge is -2.04. The van der Waals surface area contributed by atoms with Gasteiger partial charge >= 0.3 is 6.03 Å². The van der Waals surface area contributed by atoms with Gasteiger partial charge in [-0.05, 0) is 5.56 Å². The van der Waals surface area contributed by atoms with Gasteiger partial charge in [0.05, 0.1) is 6.20 Å². The Balaban J connectivity index is 1.84. The topological polar surface area (TPSA) is 77.8 Å². The fraction of sp³-hybridized carbons (Fsp3) is 0.0833. The van der Waals surface area contributed by atoms with Crippen molar-refractivity contribution in [3.05, 3.63) is 47.0 Å². The number of aromatic nitrogens is 1. The van der Waals surface area contributed by atoms with E-state index in [-0.39, 0.29) is 6.03 Å². The highest BCUT2D eigenvalue weighted by Gasteiger charge is 2.05. The molecule has 0 radical (unpaired) electrons. The number of urea groups is 1. The maximum Gasteiger partial charge on any atom is 0.321 e. The van der Waals surface area contributed by atoms with Crippen molar-refractivity contribution in [1.29, 1.82) is 5.26 Å². The molecule has 0 unspecified atom stereocenters. The lowest BCUT2D eigenvalue weighted by atomic mass is 10.2. The number of carbonyl (C=O) groups excluding carboxylic acids is 1. The van der Waals surface area contributed by atoms with E-state index >= 15 is 0 Å². The van der Waals surface area contributed by atoms with Gasteiger partial charge in [-0.2, -0.15) is 5.26 Å². The first-order chi connectivity index (χ1) is 8.78. The summed E-state index contributed by atoms with van der Waals surface area (Å²) in [4.78, 5) is 15.9. The van der Waals surface area contributed by atoms with E-state index in [2.05, 4.69) is 15.6 Å². The predicted molar refractivity (Wildman–Crippen MR) is 69.1 cm³/mol. The molecule has 6 heteroatoms. The number of thiazole rings is 1. The van der Waals surface area contributed by atoms with Crippen LogP contribution in [0.25, 0.3) is 0 Å². The van der Waals surface area contributed by atoms with E-state index in [0.29, 0.717) is 16.6 Å². The highest BCUT2D eigenvalue weighted by atomic mass is 32.1. The summed E-state index contributed by atoms with van der Waals surface area (Å²) in [5.41, 5.74) is 1.02. The Bertz CT molecular complexity index is 573. The van der Waals surface area contributed by atoms with Gasteiger partial charge in [0.15, 0.2) is 5.13 Å². The van der Waals surface area contributed by atoms with Crippen LogP contribution in [0.3, 0.4) is 0 Å². The summed E-state index contributed by atoms with van der Waals surface area (Å²) < 4.78 is 0. The average Bonchev–Trinajstić information content (AvgIpc) is 2.85. The van der Waals surface area contributed by atoms with E-state index in [1.807, 2.05) is 36.4 Å². The van der Waals surface area contributed by atoms with E-state index < -0.39 is 0 Å². The smallest absolute Gasteiger partial charge is 0.321 e. The molecule has 2 rings (SSSR count). The quantitative estimate of drug-likeness (QED) is 0.887. The van der Waals surface area contributed by atoms with Crippen LogP contribution in [0.15, 0.2) is 36.5 Å². The third kappa shape index (κ3) is 3.30. The van der Waals surface area contributed by atoms with Gasteiger partial charge in [-0.1, -0.05) is 41.7 Å². The first-order valence-electron chi connectivity index (χ1n) is 5.22. The van der Waals surface area contributed by atoms with Crippen molar-refractivity contribution in [2.24, 2.45) is 0 Å². The van der Waals surface area contributed by atoms with Crippen LogP contribution in [-0.2, 0) is 6.54 Å². The van der Waals surface area contributed by atoms with Gasteiger partial charge in [-0.25, -0.2) is 9.78 Å². The van der Waals surface area contributed by atoms with Gasteiger partial charge < -0.3 is 5.32 Å². The van der Waals surface area contributed by atoms with Crippen molar-refractivity contribution in [2.45, 2.75) is 6.54 Å². The van der Waals surface area contributed by atoms with Crippen LogP contribution in [0.5, 0.6) is 0 Å². The number of anilines is 1. The summed E-state index contributed by atoms with van der Waals surface area (Å²) in [6.45, 7) is 0.448. The highest BCUT2D eigenvalue weighted by molar-refractivity contribution is 7.16. The van der Waals surface area contributed by atoms with E-state index in [9.17, 15) is 4.79 Å². The van der Waals surface area contributed by atoms with Crippen LogP contribution in [0.2, 0.25) is 0 Å². The number of nitriles is 1. The number of rotatable bonds is 3. The fourth-order valence-corrected chi connectivity index (χ4v) is 1.91. The lowest BCUT2D eigenvalue weighted by molar-refractivity contribution is 0.251. The molecular formula is C12H10N4OS. The first kappa shape index (κ1) is 12.1. The Labute approximate surface area is 108 Å². The fourth-order valence-electron chi connectivity index (χ4n) is 1.30. The van der Waals surface area contributed by atoms with Crippen LogP contribution < -0.4 is 10.6 Å². The van der Waals surface area contributed by atoms with Crippen molar-refractivity contribution < 1.29 is 4.79 Å². The van der Waals surface area contributed by atoms with Crippen LogP contribution in [0.1, 0.15) is 10.4 Å². The summed E-state index contributed by atoms with van der Waals surface area (Å²) in [6.07, 6.45) is 1.43. The second kappa shape index (κ2) is 5.80. The highest BCUT2D eigenvalue weighted by Crippen LogP contribution is 2.16. The van der Waals surface area contributed by atoms with Gasteiger partial charge in [0.2, 0.25) is 0 Å². The third-order valence-electron chi connectivity index (χ3n) is 2.13. The Kier molecular flexibility index (Phi) is 3.89. The Morgan fingerprint density at radius 3 is 2.83 bits per heavy atom. The molecule has 90 valence electrons. The van der Waals surface area contributed by atoms with Crippen molar-refractivity contribution in [2.75, 3.05) is 5.32 Å². The van der Waals surface area contributed by atoms with Crippen molar-refractivity contribution >= 4 is 22.5 Å². The molecule has 0 aliphatic rings. The summed E-state index contributed by atoms with van der Waals surface area (Å²) in [7, 11) is 0. The second-order valence-corrected chi connectivity index (χ2v) is 4.47. The van der Waals surface area contributed by atoms with E-state index in [0.717, 1.165) is 16.9 Å².